The third-order valence-corrected chi connectivity index (χ3v) is 6.15. The van der Waals surface area contributed by atoms with Crippen molar-refractivity contribution in [3.63, 3.8) is 0 Å². The van der Waals surface area contributed by atoms with E-state index >= 15 is 0 Å². The van der Waals surface area contributed by atoms with E-state index in [1.807, 2.05) is 80.6 Å². The molecule has 0 heterocycles. The smallest absolute Gasteiger partial charge is 0.266 e. The Morgan fingerprint density at radius 1 is 1.00 bits per heavy atom. The van der Waals surface area contributed by atoms with Crippen molar-refractivity contribution in [1.29, 1.82) is 5.26 Å². The number of amides is 1. The van der Waals surface area contributed by atoms with E-state index in [2.05, 4.69) is 5.32 Å². The summed E-state index contributed by atoms with van der Waals surface area (Å²) in [6.45, 7) is 4.11. The fourth-order valence-corrected chi connectivity index (χ4v) is 4.36. The molecule has 0 saturated heterocycles. The van der Waals surface area contributed by atoms with Gasteiger partial charge in [-0.3, -0.25) is 4.79 Å². The van der Waals surface area contributed by atoms with E-state index in [-0.39, 0.29) is 22.2 Å². The number of benzene rings is 4. The standard InChI is InChI=1S/C29H22Cl2N2O2/c1-18-10-11-19(2)27(12-18)33-29(34)23(16-32)13-20-14-25(30)28(26(31)15-20)35-17-22-8-5-7-21-6-3-4-9-24(21)22/h3-15H,17H2,1-2H3,(H,33,34)/b23-13+. The van der Waals surface area contributed by atoms with Crippen LogP contribution in [0.5, 0.6) is 5.75 Å². The van der Waals surface area contributed by atoms with Gasteiger partial charge >= 0.3 is 0 Å². The number of nitriles is 1. The molecule has 0 spiro atoms. The quantitative estimate of drug-likeness (QED) is 0.216. The summed E-state index contributed by atoms with van der Waals surface area (Å²) >= 11 is 12.9. The largest absolute Gasteiger partial charge is 0.486 e. The van der Waals surface area contributed by atoms with Gasteiger partial charge < -0.3 is 10.1 Å². The van der Waals surface area contributed by atoms with Crippen LogP contribution in [0.1, 0.15) is 22.3 Å². The number of nitrogens with zero attached hydrogens (tertiary/aromatic N) is 1. The highest BCUT2D eigenvalue weighted by Crippen LogP contribution is 2.36. The number of hydrogen-bond acceptors (Lipinski definition) is 3. The van der Waals surface area contributed by atoms with E-state index in [9.17, 15) is 10.1 Å². The highest BCUT2D eigenvalue weighted by Gasteiger charge is 2.14. The number of aryl methyl sites for hydroxylation is 2. The Balaban J connectivity index is 1.54. The van der Waals surface area contributed by atoms with Crippen LogP contribution in [0.15, 0.2) is 78.4 Å². The lowest BCUT2D eigenvalue weighted by molar-refractivity contribution is -0.112. The minimum Gasteiger partial charge on any atom is -0.486 e. The third-order valence-electron chi connectivity index (χ3n) is 5.59. The molecule has 4 nitrogen and oxygen atoms in total. The molecule has 0 bridgehead atoms. The summed E-state index contributed by atoms with van der Waals surface area (Å²) in [5, 5.41) is 15.2. The van der Waals surface area contributed by atoms with Crippen molar-refractivity contribution in [2.75, 3.05) is 5.32 Å². The predicted octanol–water partition coefficient (Wildman–Crippen LogP) is 7.89. The third kappa shape index (κ3) is 5.66. The summed E-state index contributed by atoms with van der Waals surface area (Å²) < 4.78 is 5.97. The van der Waals surface area contributed by atoms with E-state index in [4.69, 9.17) is 27.9 Å². The summed E-state index contributed by atoms with van der Waals surface area (Å²) in [6.07, 6.45) is 1.45. The van der Waals surface area contributed by atoms with Crippen molar-refractivity contribution in [1.82, 2.24) is 0 Å². The second kappa shape index (κ2) is 10.7. The van der Waals surface area contributed by atoms with Gasteiger partial charge in [-0.15, -0.1) is 0 Å². The zero-order valence-electron chi connectivity index (χ0n) is 19.2. The van der Waals surface area contributed by atoms with Crippen LogP contribution in [0.4, 0.5) is 5.69 Å². The monoisotopic (exact) mass is 500 g/mol. The molecule has 1 N–H and O–H groups in total. The van der Waals surface area contributed by atoms with E-state index in [1.165, 1.54) is 6.08 Å². The fraction of sp³-hybridized carbons (Fsp3) is 0.103. The number of anilines is 1. The molecule has 174 valence electrons. The number of carbonyl (C=O) groups excluding carboxylic acids is 1. The first-order chi connectivity index (χ1) is 16.9. The van der Waals surface area contributed by atoms with E-state index < -0.39 is 5.91 Å². The van der Waals surface area contributed by atoms with Gasteiger partial charge in [-0.2, -0.15) is 5.26 Å². The van der Waals surface area contributed by atoms with Gasteiger partial charge in [0.1, 0.15) is 18.2 Å². The zero-order valence-corrected chi connectivity index (χ0v) is 20.7. The Kier molecular flexibility index (Phi) is 7.41. The molecule has 4 rings (SSSR count). The van der Waals surface area contributed by atoms with E-state index in [1.54, 1.807) is 12.1 Å². The van der Waals surface area contributed by atoms with Gasteiger partial charge in [0.25, 0.3) is 5.91 Å². The number of ether oxygens (including phenoxy) is 1. The molecule has 0 aromatic heterocycles. The normalized spacial score (nSPS) is 11.2. The molecular weight excluding hydrogens is 479 g/mol. The Labute approximate surface area is 214 Å². The van der Waals surface area contributed by atoms with Crippen LogP contribution >= 0.6 is 23.2 Å². The summed E-state index contributed by atoms with van der Waals surface area (Å²) in [7, 11) is 0. The van der Waals surface area contributed by atoms with Gasteiger partial charge in [-0.05, 0) is 71.1 Å². The second-order valence-corrected chi connectivity index (χ2v) is 9.00. The summed E-state index contributed by atoms with van der Waals surface area (Å²) in [6, 6.07) is 25.0. The Hall–Kier alpha value is -3.78. The average molecular weight is 501 g/mol. The van der Waals surface area contributed by atoms with Crippen molar-refractivity contribution in [3.8, 4) is 11.8 Å². The molecular formula is C29H22Cl2N2O2. The first-order valence-corrected chi connectivity index (χ1v) is 11.7. The Morgan fingerprint density at radius 3 is 2.46 bits per heavy atom. The predicted molar refractivity (Wildman–Crippen MR) is 143 cm³/mol. The maximum absolute atomic E-state index is 12.7. The number of carbonyl (C=O) groups is 1. The first-order valence-electron chi connectivity index (χ1n) is 10.9. The summed E-state index contributed by atoms with van der Waals surface area (Å²) in [4.78, 5) is 12.7. The average Bonchev–Trinajstić information content (AvgIpc) is 2.84. The van der Waals surface area contributed by atoms with Crippen molar-refractivity contribution in [3.05, 3.63) is 111 Å². The fourth-order valence-electron chi connectivity index (χ4n) is 3.74. The van der Waals surface area contributed by atoms with Crippen molar-refractivity contribution in [2.24, 2.45) is 0 Å². The van der Waals surface area contributed by atoms with Gasteiger partial charge in [-0.25, -0.2) is 0 Å². The molecule has 0 saturated carbocycles. The van der Waals surface area contributed by atoms with E-state index in [0.717, 1.165) is 27.5 Å². The lowest BCUT2D eigenvalue weighted by Crippen LogP contribution is -2.14. The molecule has 0 radical (unpaired) electrons. The Bertz CT molecular complexity index is 1470. The van der Waals surface area contributed by atoms with Crippen molar-refractivity contribution in [2.45, 2.75) is 20.5 Å². The number of rotatable bonds is 6. The molecule has 0 atom stereocenters. The minimum absolute atomic E-state index is 0.0672. The molecule has 0 aliphatic carbocycles. The van der Waals surface area contributed by atoms with Crippen molar-refractivity contribution < 1.29 is 9.53 Å². The molecule has 4 aromatic carbocycles. The van der Waals surface area contributed by atoms with Crippen molar-refractivity contribution >= 4 is 51.6 Å². The maximum Gasteiger partial charge on any atom is 0.266 e. The van der Waals surface area contributed by atoms with Crippen LogP contribution < -0.4 is 10.1 Å². The van der Waals surface area contributed by atoms with Gasteiger partial charge in [0.05, 0.1) is 10.0 Å². The molecule has 35 heavy (non-hydrogen) atoms. The SMILES string of the molecule is Cc1ccc(C)c(NC(=O)/C(C#N)=C/c2cc(Cl)c(OCc3cccc4ccccc34)c(Cl)c2)c1. The van der Waals surface area contributed by atoms with Gasteiger partial charge in [-0.1, -0.05) is 77.8 Å². The summed E-state index contributed by atoms with van der Waals surface area (Å²) in [5.74, 6) is -0.165. The highest BCUT2D eigenvalue weighted by molar-refractivity contribution is 6.37. The number of fused-ring (bicyclic) bond motifs is 1. The molecule has 0 unspecified atom stereocenters. The van der Waals surface area contributed by atoms with Crippen LogP contribution in [0.2, 0.25) is 10.0 Å². The zero-order chi connectivity index (χ0) is 24.9. The topological polar surface area (TPSA) is 62.1 Å². The van der Waals surface area contributed by atoms with E-state index in [0.29, 0.717) is 17.0 Å². The molecule has 0 fully saturated rings. The highest BCUT2D eigenvalue weighted by atomic mass is 35.5. The number of halogens is 2. The molecule has 1 amide bonds. The molecule has 0 aliphatic heterocycles. The molecule has 0 aliphatic rings. The number of nitrogens with one attached hydrogen (secondary N) is 1. The molecule has 4 aromatic rings. The summed E-state index contributed by atoms with van der Waals surface area (Å²) in [5.41, 5.74) is 4.03. The first kappa shape index (κ1) is 24.3. The lowest BCUT2D eigenvalue weighted by Gasteiger charge is -2.13. The molecule has 6 heteroatoms. The second-order valence-electron chi connectivity index (χ2n) is 8.18. The van der Waals surface area contributed by atoms with Gasteiger partial charge in [0.15, 0.2) is 5.75 Å². The Morgan fingerprint density at radius 2 is 1.71 bits per heavy atom. The van der Waals surface area contributed by atoms with Crippen LogP contribution in [0, 0.1) is 25.2 Å². The van der Waals surface area contributed by atoms with Gasteiger partial charge in [0, 0.05) is 5.69 Å². The maximum atomic E-state index is 12.7. The lowest BCUT2D eigenvalue weighted by atomic mass is 10.1. The van der Waals surface area contributed by atoms with Crippen LogP contribution in [-0.2, 0) is 11.4 Å². The van der Waals surface area contributed by atoms with Crippen LogP contribution in [0.25, 0.3) is 16.8 Å². The van der Waals surface area contributed by atoms with Crippen LogP contribution in [0.3, 0.4) is 0 Å². The van der Waals surface area contributed by atoms with Gasteiger partial charge in [0.2, 0.25) is 0 Å². The van der Waals surface area contributed by atoms with Crippen LogP contribution in [-0.4, -0.2) is 5.91 Å². The minimum atomic E-state index is -0.510. The number of hydrogen-bond donors (Lipinski definition) is 1.